The van der Waals surface area contributed by atoms with Crippen LogP contribution in [0.2, 0.25) is 0 Å². The van der Waals surface area contributed by atoms with E-state index in [9.17, 15) is 4.79 Å². The zero-order valence-electron chi connectivity index (χ0n) is 9.18. The van der Waals surface area contributed by atoms with E-state index >= 15 is 0 Å². The van der Waals surface area contributed by atoms with Gasteiger partial charge in [0, 0.05) is 18.0 Å². The zero-order valence-corrected chi connectivity index (χ0v) is 9.18. The molecule has 1 fully saturated rings. The van der Waals surface area contributed by atoms with E-state index in [2.05, 4.69) is 19.2 Å². The first-order chi connectivity index (χ1) is 6.49. The van der Waals surface area contributed by atoms with Gasteiger partial charge in [0.05, 0.1) is 0 Å². The van der Waals surface area contributed by atoms with Crippen LogP contribution in [0.25, 0.3) is 0 Å². The monoisotopic (exact) mass is 199 g/mol. The smallest absolute Gasteiger partial charge is 0.303 e. The summed E-state index contributed by atoms with van der Waals surface area (Å²) in [6.07, 6.45) is 6.08. The summed E-state index contributed by atoms with van der Waals surface area (Å²) in [7, 11) is 0. The lowest BCUT2D eigenvalue weighted by molar-refractivity contribution is -0.137. The van der Waals surface area contributed by atoms with E-state index in [4.69, 9.17) is 5.11 Å². The van der Waals surface area contributed by atoms with Gasteiger partial charge in [0.25, 0.3) is 0 Å². The summed E-state index contributed by atoms with van der Waals surface area (Å²) in [4.78, 5) is 10.5. The highest BCUT2D eigenvalue weighted by atomic mass is 16.4. The Labute approximate surface area is 85.9 Å². The van der Waals surface area contributed by atoms with Crippen LogP contribution in [0.5, 0.6) is 0 Å². The first kappa shape index (κ1) is 11.5. The van der Waals surface area contributed by atoms with E-state index in [0.717, 1.165) is 0 Å². The van der Waals surface area contributed by atoms with Gasteiger partial charge in [-0.2, -0.15) is 0 Å². The summed E-state index contributed by atoms with van der Waals surface area (Å²) in [5.41, 5.74) is -0.0343. The van der Waals surface area contributed by atoms with E-state index in [1.165, 1.54) is 25.7 Å². The van der Waals surface area contributed by atoms with E-state index in [-0.39, 0.29) is 12.0 Å². The first-order valence-electron chi connectivity index (χ1n) is 5.49. The highest BCUT2D eigenvalue weighted by Gasteiger charge is 2.24. The van der Waals surface area contributed by atoms with Crippen molar-refractivity contribution >= 4 is 5.97 Å². The third-order valence-electron chi connectivity index (χ3n) is 2.91. The quantitative estimate of drug-likeness (QED) is 0.713. The van der Waals surface area contributed by atoms with Crippen LogP contribution in [0.4, 0.5) is 0 Å². The molecule has 0 spiro atoms. The lowest BCUT2D eigenvalue weighted by atomic mass is 9.97. The van der Waals surface area contributed by atoms with Gasteiger partial charge in [0.2, 0.25) is 0 Å². The van der Waals surface area contributed by atoms with Crippen LogP contribution in [0.15, 0.2) is 0 Å². The maximum atomic E-state index is 10.5. The molecule has 0 unspecified atom stereocenters. The topological polar surface area (TPSA) is 49.3 Å². The van der Waals surface area contributed by atoms with Crippen molar-refractivity contribution in [3.63, 3.8) is 0 Å². The minimum atomic E-state index is -0.703. The van der Waals surface area contributed by atoms with Gasteiger partial charge < -0.3 is 10.4 Å². The molecule has 82 valence electrons. The fourth-order valence-electron chi connectivity index (χ4n) is 2.11. The van der Waals surface area contributed by atoms with Gasteiger partial charge in [-0.15, -0.1) is 0 Å². The van der Waals surface area contributed by atoms with Crippen molar-refractivity contribution in [1.82, 2.24) is 5.32 Å². The molecule has 0 aromatic carbocycles. The van der Waals surface area contributed by atoms with Gasteiger partial charge in [0.1, 0.15) is 0 Å². The predicted octanol–water partition coefficient (Wildman–Crippen LogP) is 2.16. The van der Waals surface area contributed by atoms with Crippen LogP contribution < -0.4 is 5.32 Å². The minimum absolute atomic E-state index is 0.0343. The minimum Gasteiger partial charge on any atom is -0.481 e. The number of carbonyl (C=O) groups is 1. The summed E-state index contributed by atoms with van der Waals surface area (Å²) < 4.78 is 0. The largest absolute Gasteiger partial charge is 0.481 e. The molecule has 0 saturated heterocycles. The van der Waals surface area contributed by atoms with Crippen LogP contribution in [0, 0.1) is 0 Å². The summed E-state index contributed by atoms with van der Waals surface area (Å²) in [6.45, 7) is 4.18. The Balaban J connectivity index is 2.28. The van der Waals surface area contributed by atoms with Gasteiger partial charge in [0.15, 0.2) is 0 Å². The molecule has 3 nitrogen and oxygen atoms in total. The van der Waals surface area contributed by atoms with Crippen molar-refractivity contribution in [3.8, 4) is 0 Å². The third kappa shape index (κ3) is 4.09. The van der Waals surface area contributed by atoms with E-state index in [1.54, 1.807) is 0 Å². The molecule has 1 aliphatic carbocycles. The van der Waals surface area contributed by atoms with Crippen molar-refractivity contribution in [1.29, 1.82) is 0 Å². The molecule has 0 aromatic heterocycles. The Bertz CT molecular complexity index is 195. The Morgan fingerprint density at radius 2 is 2.00 bits per heavy atom. The summed E-state index contributed by atoms with van der Waals surface area (Å²) in [5, 5.41) is 12.2. The average Bonchev–Trinajstić information content (AvgIpc) is 2.53. The summed E-state index contributed by atoms with van der Waals surface area (Å²) in [6, 6.07) is 0.610. The van der Waals surface area contributed by atoms with Crippen molar-refractivity contribution in [3.05, 3.63) is 0 Å². The van der Waals surface area contributed by atoms with Crippen molar-refractivity contribution in [2.24, 2.45) is 0 Å². The maximum Gasteiger partial charge on any atom is 0.303 e. The second-order valence-electron chi connectivity index (χ2n) is 4.90. The molecule has 0 aliphatic heterocycles. The van der Waals surface area contributed by atoms with Crippen LogP contribution >= 0.6 is 0 Å². The molecule has 0 radical (unpaired) electrons. The van der Waals surface area contributed by atoms with E-state index in [1.807, 2.05) is 0 Å². The summed E-state index contributed by atoms with van der Waals surface area (Å²) in [5.74, 6) is -0.703. The number of rotatable bonds is 5. The lowest BCUT2D eigenvalue weighted by Crippen LogP contribution is -2.45. The molecule has 3 heteroatoms. The van der Waals surface area contributed by atoms with E-state index < -0.39 is 5.97 Å². The Kier molecular flexibility index (Phi) is 3.93. The Hall–Kier alpha value is -0.570. The molecule has 2 N–H and O–H groups in total. The second kappa shape index (κ2) is 4.78. The molecule has 1 saturated carbocycles. The molecule has 0 amide bonds. The standard InChI is InChI=1S/C11H21NO2/c1-11(2,8-7-10(13)14)12-9-5-3-4-6-9/h9,12H,3-8H2,1-2H3,(H,13,14). The Morgan fingerprint density at radius 1 is 1.43 bits per heavy atom. The second-order valence-corrected chi connectivity index (χ2v) is 4.90. The highest BCUT2D eigenvalue weighted by Crippen LogP contribution is 2.22. The lowest BCUT2D eigenvalue weighted by Gasteiger charge is -2.29. The molecule has 0 aromatic rings. The Morgan fingerprint density at radius 3 is 2.50 bits per heavy atom. The van der Waals surface area contributed by atoms with Crippen LogP contribution in [-0.2, 0) is 4.79 Å². The summed E-state index contributed by atoms with van der Waals surface area (Å²) >= 11 is 0. The first-order valence-corrected chi connectivity index (χ1v) is 5.49. The third-order valence-corrected chi connectivity index (χ3v) is 2.91. The number of carboxylic acid groups (broad SMARTS) is 1. The zero-order chi connectivity index (χ0) is 10.6. The maximum absolute atomic E-state index is 10.5. The molecular formula is C11H21NO2. The number of aliphatic carboxylic acids is 1. The normalized spacial score (nSPS) is 18.7. The van der Waals surface area contributed by atoms with Gasteiger partial charge in [-0.1, -0.05) is 12.8 Å². The van der Waals surface area contributed by atoms with Crippen molar-refractivity contribution in [2.45, 2.75) is 64.0 Å². The van der Waals surface area contributed by atoms with Gasteiger partial charge >= 0.3 is 5.97 Å². The number of carboxylic acids is 1. The van der Waals surface area contributed by atoms with Crippen LogP contribution in [0.1, 0.15) is 52.4 Å². The molecule has 1 rings (SSSR count). The highest BCUT2D eigenvalue weighted by molar-refractivity contribution is 5.66. The molecule has 0 heterocycles. The fourth-order valence-corrected chi connectivity index (χ4v) is 2.11. The number of nitrogens with one attached hydrogen (secondary N) is 1. The average molecular weight is 199 g/mol. The van der Waals surface area contributed by atoms with Gasteiger partial charge in [-0.05, 0) is 33.1 Å². The van der Waals surface area contributed by atoms with Crippen LogP contribution in [-0.4, -0.2) is 22.7 Å². The molecular weight excluding hydrogens is 178 g/mol. The van der Waals surface area contributed by atoms with Crippen molar-refractivity contribution < 1.29 is 9.90 Å². The molecule has 0 atom stereocenters. The molecule has 14 heavy (non-hydrogen) atoms. The molecule has 0 bridgehead atoms. The van der Waals surface area contributed by atoms with Gasteiger partial charge in [-0.25, -0.2) is 0 Å². The van der Waals surface area contributed by atoms with E-state index in [0.29, 0.717) is 12.5 Å². The fraction of sp³-hybridized carbons (Fsp3) is 0.909. The van der Waals surface area contributed by atoms with Gasteiger partial charge in [-0.3, -0.25) is 4.79 Å². The van der Waals surface area contributed by atoms with Crippen LogP contribution in [0.3, 0.4) is 0 Å². The molecule has 1 aliphatic rings. The number of hydrogen-bond donors (Lipinski definition) is 2. The number of hydrogen-bond acceptors (Lipinski definition) is 2. The SMILES string of the molecule is CC(C)(CCC(=O)O)NC1CCCC1. The van der Waals surface area contributed by atoms with Crippen molar-refractivity contribution in [2.75, 3.05) is 0 Å². The predicted molar refractivity (Wildman–Crippen MR) is 56.3 cm³/mol.